The van der Waals surface area contributed by atoms with Crippen molar-refractivity contribution in [3.05, 3.63) is 0 Å². The minimum absolute atomic E-state index is 0. The highest BCUT2D eigenvalue weighted by Crippen LogP contribution is 2.15. The van der Waals surface area contributed by atoms with Crippen molar-refractivity contribution < 1.29 is 9.59 Å². The number of hydrogen-bond acceptors (Lipinski definition) is 2. The van der Waals surface area contributed by atoms with Gasteiger partial charge < -0.3 is 9.69 Å². The fraction of sp³-hybridized carbons (Fsp3) is 0.778. The third-order valence-electron chi connectivity index (χ3n) is 2.08. The molecule has 0 aromatic heterocycles. The van der Waals surface area contributed by atoms with Gasteiger partial charge in [-0.25, -0.2) is 0 Å². The first-order valence-corrected chi connectivity index (χ1v) is 4.04. The molecule has 1 aliphatic rings. The van der Waals surface area contributed by atoms with E-state index < -0.39 is 0 Å². The molecule has 3 heteroatoms. The minimum atomic E-state index is -0.137. The minimum Gasteiger partial charge on any atom is -0.333 e. The largest absolute Gasteiger partial charge is 0.333 e. The molecule has 70 valence electrons. The van der Waals surface area contributed by atoms with Crippen LogP contribution in [0.2, 0.25) is 0 Å². The first-order chi connectivity index (χ1) is 5.29. The molecule has 1 atom stereocenters. The molecule has 1 rings (SSSR count). The van der Waals surface area contributed by atoms with Crippen LogP contribution in [0.4, 0.5) is 0 Å². The summed E-state index contributed by atoms with van der Waals surface area (Å²) in [5.74, 6) is 0.0969. The second-order valence-corrected chi connectivity index (χ2v) is 2.79. The SMILES string of the molecule is C.CCC(=O)N1CCCC1C=O. The third-order valence-corrected chi connectivity index (χ3v) is 2.08. The summed E-state index contributed by atoms with van der Waals surface area (Å²) in [4.78, 5) is 23.3. The molecule has 0 aromatic rings. The number of rotatable bonds is 2. The molecule has 0 saturated carbocycles. The standard InChI is InChI=1S/C8H13NO2.CH4/c1-2-8(11)9-5-3-4-7(9)6-10;/h6-7H,2-5H2,1H3;1H4. The zero-order chi connectivity index (χ0) is 8.27. The number of carbonyl (C=O) groups excluding carboxylic acids is 2. The zero-order valence-electron chi connectivity index (χ0n) is 6.75. The number of aldehydes is 1. The van der Waals surface area contributed by atoms with Gasteiger partial charge in [0.25, 0.3) is 0 Å². The molecule has 1 aliphatic heterocycles. The Hall–Kier alpha value is -0.860. The Kier molecular flexibility index (Phi) is 4.55. The lowest BCUT2D eigenvalue weighted by atomic mass is 10.2. The summed E-state index contributed by atoms with van der Waals surface area (Å²) in [6.45, 7) is 2.58. The third kappa shape index (κ3) is 2.06. The monoisotopic (exact) mass is 171 g/mol. The number of nitrogens with zero attached hydrogens (tertiary/aromatic N) is 1. The maximum Gasteiger partial charge on any atom is 0.222 e. The molecule has 3 nitrogen and oxygen atoms in total. The van der Waals surface area contributed by atoms with Crippen molar-refractivity contribution in [2.45, 2.75) is 39.7 Å². The topological polar surface area (TPSA) is 37.4 Å². The summed E-state index contributed by atoms with van der Waals surface area (Å²) < 4.78 is 0. The Morgan fingerprint density at radius 2 is 2.33 bits per heavy atom. The zero-order valence-corrected chi connectivity index (χ0v) is 6.75. The van der Waals surface area contributed by atoms with Crippen LogP contribution in [0.3, 0.4) is 0 Å². The molecule has 1 saturated heterocycles. The van der Waals surface area contributed by atoms with Gasteiger partial charge in [0.15, 0.2) is 0 Å². The maximum absolute atomic E-state index is 11.2. The van der Waals surface area contributed by atoms with Crippen molar-refractivity contribution >= 4 is 12.2 Å². The Morgan fingerprint density at radius 3 is 2.83 bits per heavy atom. The molecule has 1 heterocycles. The van der Waals surface area contributed by atoms with Crippen molar-refractivity contribution in [2.24, 2.45) is 0 Å². The highest BCUT2D eigenvalue weighted by Gasteiger charge is 2.26. The van der Waals surface area contributed by atoms with Gasteiger partial charge in [-0.15, -0.1) is 0 Å². The van der Waals surface area contributed by atoms with E-state index in [4.69, 9.17) is 0 Å². The summed E-state index contributed by atoms with van der Waals surface area (Å²) in [6.07, 6.45) is 3.19. The number of likely N-dealkylation sites (tertiary alicyclic amines) is 1. The van der Waals surface area contributed by atoms with Gasteiger partial charge >= 0.3 is 0 Å². The Labute approximate surface area is 73.7 Å². The van der Waals surface area contributed by atoms with Crippen molar-refractivity contribution in [1.29, 1.82) is 0 Å². The van der Waals surface area contributed by atoms with Crippen molar-refractivity contribution in [3.63, 3.8) is 0 Å². The Balaban J connectivity index is 0.00000121. The van der Waals surface area contributed by atoms with E-state index >= 15 is 0 Å². The van der Waals surface area contributed by atoms with Gasteiger partial charge in [0, 0.05) is 13.0 Å². The maximum atomic E-state index is 11.2. The summed E-state index contributed by atoms with van der Waals surface area (Å²) in [5, 5.41) is 0. The molecule has 0 N–H and O–H groups in total. The van der Waals surface area contributed by atoms with Gasteiger partial charge in [-0.3, -0.25) is 4.79 Å². The molecule has 0 bridgehead atoms. The molecule has 0 spiro atoms. The van der Waals surface area contributed by atoms with Gasteiger partial charge in [-0.2, -0.15) is 0 Å². The van der Waals surface area contributed by atoms with Gasteiger partial charge in [-0.05, 0) is 12.8 Å². The first-order valence-electron chi connectivity index (χ1n) is 4.04. The average molecular weight is 171 g/mol. The van der Waals surface area contributed by atoms with Crippen LogP contribution in [0.15, 0.2) is 0 Å². The lowest BCUT2D eigenvalue weighted by Gasteiger charge is -2.18. The van der Waals surface area contributed by atoms with Crippen LogP contribution in [-0.4, -0.2) is 29.7 Å². The summed E-state index contributed by atoms with van der Waals surface area (Å²) in [5.41, 5.74) is 0. The van der Waals surface area contributed by atoms with Crippen LogP contribution in [-0.2, 0) is 9.59 Å². The fourth-order valence-corrected chi connectivity index (χ4v) is 1.45. The second-order valence-electron chi connectivity index (χ2n) is 2.79. The number of amides is 1. The molecule has 0 aliphatic carbocycles. The smallest absolute Gasteiger partial charge is 0.222 e. The summed E-state index contributed by atoms with van der Waals surface area (Å²) in [6, 6.07) is -0.137. The molecule has 1 fully saturated rings. The second kappa shape index (κ2) is 4.91. The normalized spacial score (nSPS) is 21.8. The number of hydrogen-bond donors (Lipinski definition) is 0. The Bertz CT molecular complexity index is 168. The van der Waals surface area contributed by atoms with Gasteiger partial charge in [0.1, 0.15) is 6.29 Å². The van der Waals surface area contributed by atoms with Crippen LogP contribution in [0.1, 0.15) is 33.6 Å². The van der Waals surface area contributed by atoms with E-state index in [1.807, 2.05) is 6.92 Å². The lowest BCUT2D eigenvalue weighted by Crippen LogP contribution is -2.35. The molecule has 1 amide bonds. The number of carbonyl (C=O) groups is 2. The van der Waals surface area contributed by atoms with Crippen molar-refractivity contribution in [1.82, 2.24) is 4.90 Å². The van der Waals surface area contributed by atoms with Crippen LogP contribution < -0.4 is 0 Å². The van der Waals surface area contributed by atoms with Crippen LogP contribution in [0, 0.1) is 0 Å². The highest BCUT2D eigenvalue weighted by atomic mass is 16.2. The summed E-state index contributed by atoms with van der Waals surface area (Å²) in [7, 11) is 0. The van der Waals surface area contributed by atoms with E-state index in [1.54, 1.807) is 4.90 Å². The van der Waals surface area contributed by atoms with Crippen LogP contribution >= 0.6 is 0 Å². The van der Waals surface area contributed by atoms with Crippen LogP contribution in [0.25, 0.3) is 0 Å². The molecule has 12 heavy (non-hydrogen) atoms. The molecular weight excluding hydrogens is 154 g/mol. The molecule has 1 unspecified atom stereocenters. The summed E-state index contributed by atoms with van der Waals surface area (Å²) >= 11 is 0. The van der Waals surface area contributed by atoms with E-state index in [-0.39, 0.29) is 19.4 Å². The van der Waals surface area contributed by atoms with Crippen molar-refractivity contribution in [2.75, 3.05) is 6.54 Å². The van der Waals surface area contributed by atoms with E-state index in [0.717, 1.165) is 25.7 Å². The Morgan fingerprint density at radius 1 is 1.67 bits per heavy atom. The molecule has 0 aromatic carbocycles. The van der Waals surface area contributed by atoms with E-state index in [2.05, 4.69) is 0 Å². The first kappa shape index (κ1) is 11.1. The van der Waals surface area contributed by atoms with E-state index in [0.29, 0.717) is 6.42 Å². The van der Waals surface area contributed by atoms with Crippen molar-refractivity contribution in [3.8, 4) is 0 Å². The van der Waals surface area contributed by atoms with Gasteiger partial charge in [0.05, 0.1) is 6.04 Å². The van der Waals surface area contributed by atoms with Crippen LogP contribution in [0.5, 0.6) is 0 Å². The quantitative estimate of drug-likeness (QED) is 0.586. The lowest BCUT2D eigenvalue weighted by molar-refractivity contribution is -0.134. The fourth-order valence-electron chi connectivity index (χ4n) is 1.45. The van der Waals surface area contributed by atoms with E-state index in [1.165, 1.54) is 0 Å². The van der Waals surface area contributed by atoms with Gasteiger partial charge in [0.2, 0.25) is 5.91 Å². The molecular formula is C9H17NO2. The van der Waals surface area contributed by atoms with Gasteiger partial charge in [-0.1, -0.05) is 14.4 Å². The molecule has 0 radical (unpaired) electrons. The predicted octanol–water partition coefficient (Wildman–Crippen LogP) is 1.22. The highest BCUT2D eigenvalue weighted by molar-refractivity contribution is 5.80. The van der Waals surface area contributed by atoms with E-state index in [9.17, 15) is 9.59 Å². The average Bonchev–Trinajstić information content (AvgIpc) is 2.50. The predicted molar refractivity (Wildman–Crippen MR) is 47.8 cm³/mol.